The third-order valence-corrected chi connectivity index (χ3v) is 8.57. The minimum atomic E-state index is -1.37. The number of hydrogen-bond donors (Lipinski definition) is 0. The molecule has 0 spiro atoms. The number of fused-ring (bicyclic) bond motifs is 2. The summed E-state index contributed by atoms with van der Waals surface area (Å²) in [6.07, 6.45) is -1.05. The molecule has 2 aliphatic heterocycles. The fourth-order valence-electron chi connectivity index (χ4n) is 5.50. The highest BCUT2D eigenvalue weighted by Gasteiger charge is 2.58. The van der Waals surface area contributed by atoms with Gasteiger partial charge in [0.1, 0.15) is 34.9 Å². The zero-order valence-corrected chi connectivity index (χ0v) is 25.2. The summed E-state index contributed by atoms with van der Waals surface area (Å²) < 4.78 is 45.4. The Morgan fingerprint density at radius 1 is 1.00 bits per heavy atom. The van der Waals surface area contributed by atoms with Crippen LogP contribution in [0.25, 0.3) is 0 Å². The summed E-state index contributed by atoms with van der Waals surface area (Å²) in [7, 11) is 3.72. The Kier molecular flexibility index (Phi) is 9.33. The van der Waals surface area contributed by atoms with Crippen LogP contribution in [0.3, 0.4) is 0 Å². The van der Waals surface area contributed by atoms with Crippen molar-refractivity contribution in [3.63, 3.8) is 0 Å². The second-order valence-electron chi connectivity index (χ2n) is 10.2. The van der Waals surface area contributed by atoms with Gasteiger partial charge in [-0.15, -0.1) is 0 Å². The monoisotopic (exact) mass is 594 g/mol. The van der Waals surface area contributed by atoms with Crippen LogP contribution in [0, 0.1) is 11.3 Å². The van der Waals surface area contributed by atoms with E-state index in [1.54, 1.807) is 19.3 Å². The quantitative estimate of drug-likeness (QED) is 0.149. The first-order valence-electron chi connectivity index (χ1n) is 14.3. The Labute approximate surface area is 250 Å². The number of nitrogens with zero attached hydrogens (tertiary/aromatic N) is 2. The van der Waals surface area contributed by atoms with E-state index in [1.165, 1.54) is 0 Å². The van der Waals surface area contributed by atoms with Gasteiger partial charge in [0.2, 0.25) is 0 Å². The third kappa shape index (κ3) is 6.17. The molecule has 0 aromatic heterocycles. The predicted molar refractivity (Wildman–Crippen MR) is 158 cm³/mol. The summed E-state index contributed by atoms with van der Waals surface area (Å²) in [6, 6.07) is 27.7. The molecule has 0 amide bonds. The summed E-state index contributed by atoms with van der Waals surface area (Å²) >= 11 is 0. The molecule has 2 unspecified atom stereocenters. The van der Waals surface area contributed by atoms with Gasteiger partial charge in [-0.25, -0.2) is 0 Å². The third-order valence-electron chi connectivity index (χ3n) is 7.50. The molecule has 0 aliphatic carbocycles. The topological polar surface area (TPSA) is 91.6 Å². The van der Waals surface area contributed by atoms with Crippen molar-refractivity contribution < 1.29 is 34.2 Å². The highest BCUT2D eigenvalue weighted by Crippen LogP contribution is 2.48. The summed E-state index contributed by atoms with van der Waals surface area (Å²) in [5.74, 6) is 1.45. The Hall–Kier alpha value is -3.06. The van der Waals surface area contributed by atoms with Crippen LogP contribution in [0.4, 0.5) is 0 Å². The molecule has 0 saturated carbocycles. The highest BCUT2D eigenvalue weighted by atomic mass is 31.2. The molecule has 222 valence electrons. The number of benzene rings is 3. The Balaban J connectivity index is 1.58. The first-order valence-corrected chi connectivity index (χ1v) is 15.3. The van der Waals surface area contributed by atoms with Crippen molar-refractivity contribution in [2.24, 2.45) is 0 Å². The molecule has 10 heteroatoms. The van der Waals surface area contributed by atoms with Crippen LogP contribution in [-0.4, -0.2) is 77.1 Å². The number of hydrogen-bond acceptors (Lipinski definition) is 9. The molecular weight excluding hydrogens is 555 g/mol. The van der Waals surface area contributed by atoms with Crippen LogP contribution >= 0.6 is 8.38 Å². The smallest absolute Gasteiger partial charge is 0.167 e. The van der Waals surface area contributed by atoms with Crippen LogP contribution in [0.1, 0.15) is 24.5 Å². The average Bonchev–Trinajstić information content (AvgIpc) is 3.18. The summed E-state index contributed by atoms with van der Waals surface area (Å²) in [5, 5.41) is 10.6. The van der Waals surface area contributed by atoms with E-state index in [0.717, 1.165) is 28.2 Å². The van der Waals surface area contributed by atoms with E-state index in [4.69, 9.17) is 39.5 Å². The van der Waals surface area contributed by atoms with Crippen LogP contribution in [0.5, 0.6) is 11.5 Å². The lowest BCUT2D eigenvalue weighted by Crippen LogP contribution is -2.60. The molecule has 2 bridgehead atoms. The lowest BCUT2D eigenvalue weighted by atomic mass is 9.79. The molecule has 9 nitrogen and oxygen atoms in total. The van der Waals surface area contributed by atoms with Gasteiger partial charge in [0, 0.05) is 13.7 Å². The molecular formula is C32H37N2O7P. The maximum Gasteiger partial charge on any atom is 0.167 e. The molecule has 2 heterocycles. The lowest BCUT2D eigenvalue weighted by molar-refractivity contribution is -0.256. The molecule has 3 aromatic carbocycles. The average molecular weight is 595 g/mol. The number of ether oxygens (including phenoxy) is 4. The standard InChI is InChI=1S/C32H37N2O7P/c1-34-22-31(30(29(40-34)21-37-31)41-42(4)39-20-8-19-33)23-38-32(24-9-6-5-7-10-24,25-11-15-27(35-2)16-12-25)26-13-17-28(36-3)18-14-26/h5-7,9-18,29-30H,8,20-23H2,1-4H3/t29-,30?,31-,42?/m1/s1/i21T/t21-,29+,30?,31+,42?/m0. The van der Waals surface area contributed by atoms with Crippen molar-refractivity contribution in [1.29, 1.82) is 5.26 Å². The van der Waals surface area contributed by atoms with E-state index in [2.05, 4.69) is 6.07 Å². The molecule has 0 N–H and O–H groups in total. The van der Waals surface area contributed by atoms with Gasteiger partial charge in [0.25, 0.3) is 0 Å². The molecule has 5 rings (SSSR count). The summed E-state index contributed by atoms with van der Waals surface area (Å²) in [5.41, 5.74) is 0.559. The maximum atomic E-state index is 8.92. The zero-order valence-electron chi connectivity index (χ0n) is 25.3. The van der Waals surface area contributed by atoms with Gasteiger partial charge in [0.05, 0.1) is 54.4 Å². The predicted octanol–water partition coefficient (Wildman–Crippen LogP) is 5.28. The van der Waals surface area contributed by atoms with Gasteiger partial charge < -0.3 is 28.0 Å². The Morgan fingerprint density at radius 2 is 1.60 bits per heavy atom. The Bertz CT molecular complexity index is 1320. The Morgan fingerprint density at radius 3 is 2.17 bits per heavy atom. The second kappa shape index (κ2) is 13.5. The fraction of sp³-hybridized carbons (Fsp3) is 0.406. The first kappa shape index (κ1) is 29.0. The van der Waals surface area contributed by atoms with E-state index in [1.807, 2.05) is 92.6 Å². The van der Waals surface area contributed by atoms with Gasteiger partial charge in [-0.2, -0.15) is 10.3 Å². The van der Waals surface area contributed by atoms with E-state index in [-0.39, 0.29) is 19.6 Å². The lowest BCUT2D eigenvalue weighted by Gasteiger charge is -2.45. The zero-order chi connectivity index (χ0) is 30.5. The van der Waals surface area contributed by atoms with Gasteiger partial charge in [0.15, 0.2) is 8.38 Å². The van der Waals surface area contributed by atoms with Gasteiger partial charge >= 0.3 is 0 Å². The van der Waals surface area contributed by atoms with Crippen molar-refractivity contribution in [1.82, 2.24) is 5.06 Å². The van der Waals surface area contributed by atoms with Crippen LogP contribution in [0.15, 0.2) is 78.9 Å². The largest absolute Gasteiger partial charge is 0.497 e. The number of likely N-dealkylation sites (N-methyl/N-ethyl adjacent to an activating group) is 1. The van der Waals surface area contributed by atoms with E-state index in [9.17, 15) is 0 Å². The molecule has 2 aliphatic rings. The molecule has 5 atom stereocenters. The van der Waals surface area contributed by atoms with Crippen molar-refractivity contribution in [3.8, 4) is 17.6 Å². The normalized spacial score (nSPS) is 24.9. The molecule has 2 saturated heterocycles. The minimum Gasteiger partial charge on any atom is -0.497 e. The van der Waals surface area contributed by atoms with Crippen LogP contribution in [0.2, 0.25) is 0 Å². The molecule has 0 radical (unpaired) electrons. The summed E-state index contributed by atoms with van der Waals surface area (Å²) in [4.78, 5) is 6.01. The highest BCUT2D eigenvalue weighted by molar-refractivity contribution is 7.46. The number of methoxy groups -OCH3 is 2. The summed E-state index contributed by atoms with van der Waals surface area (Å²) in [6.45, 7) is 1.49. The minimum absolute atomic E-state index is 0.0750. The molecule has 42 heavy (non-hydrogen) atoms. The van der Waals surface area contributed by atoms with Crippen LogP contribution < -0.4 is 9.47 Å². The fourth-order valence-corrected chi connectivity index (χ4v) is 6.54. The SMILES string of the molecule is [3H][C@@H]1O[C@@]2(COC(c3ccccc3)(c3ccc(OC)cc3)c3ccc(OC)cc3)CN(C)O[C@H]1C2OP(C)OCCC#N. The first-order chi connectivity index (χ1) is 20.8. The number of rotatable bonds is 13. The van der Waals surface area contributed by atoms with Gasteiger partial charge in [-0.05, 0) is 41.0 Å². The van der Waals surface area contributed by atoms with E-state index < -0.39 is 38.4 Å². The van der Waals surface area contributed by atoms with Gasteiger partial charge in [-0.1, -0.05) is 54.6 Å². The maximum absolute atomic E-state index is 8.92. The number of nitriles is 1. The van der Waals surface area contributed by atoms with Crippen LogP contribution in [-0.2, 0) is 29.0 Å². The van der Waals surface area contributed by atoms with Crippen molar-refractivity contribution in [2.75, 3.05) is 54.3 Å². The molecule has 2 fully saturated rings. The van der Waals surface area contributed by atoms with Crippen molar-refractivity contribution >= 4 is 8.38 Å². The van der Waals surface area contributed by atoms with E-state index >= 15 is 0 Å². The van der Waals surface area contributed by atoms with Crippen molar-refractivity contribution in [3.05, 3.63) is 95.6 Å². The van der Waals surface area contributed by atoms with Gasteiger partial charge in [-0.3, -0.25) is 4.84 Å². The van der Waals surface area contributed by atoms with Crippen molar-refractivity contribution in [2.45, 2.75) is 29.8 Å². The number of hydroxylamine groups is 2. The molecule has 3 aromatic rings. The second-order valence-corrected chi connectivity index (χ2v) is 11.5. The van der Waals surface area contributed by atoms with E-state index in [0.29, 0.717) is 6.54 Å².